The number of methoxy groups -OCH3 is 1. The highest BCUT2D eigenvalue weighted by atomic mass is 16.5. The lowest BCUT2D eigenvalue weighted by Gasteiger charge is -2.47. The Labute approximate surface area is 149 Å². The summed E-state index contributed by atoms with van der Waals surface area (Å²) in [7, 11) is 3.55. The van der Waals surface area contributed by atoms with Crippen molar-refractivity contribution in [3.8, 4) is 11.5 Å². The van der Waals surface area contributed by atoms with Gasteiger partial charge in [0.05, 0.1) is 12.5 Å². The number of carbonyl (C=O) groups is 1. The Morgan fingerprint density at radius 2 is 2.08 bits per heavy atom. The van der Waals surface area contributed by atoms with Gasteiger partial charge in [0.15, 0.2) is 23.4 Å². The van der Waals surface area contributed by atoms with E-state index in [1.165, 1.54) is 6.08 Å². The SMILES string of the molecule is CCc1ccc(OC)c2c1[C@@]1(C)[C@@H](O2)C(=O)C=C[C@@]1(O)CN(C)CC. The molecule has 5 heteroatoms. The molecule has 0 unspecified atom stereocenters. The van der Waals surface area contributed by atoms with E-state index < -0.39 is 17.1 Å². The van der Waals surface area contributed by atoms with Gasteiger partial charge in [0.25, 0.3) is 0 Å². The van der Waals surface area contributed by atoms with Crippen LogP contribution in [0.25, 0.3) is 0 Å². The number of benzene rings is 1. The van der Waals surface area contributed by atoms with Crippen LogP contribution in [0.15, 0.2) is 24.3 Å². The molecule has 25 heavy (non-hydrogen) atoms. The fourth-order valence-corrected chi connectivity index (χ4v) is 4.12. The standard InChI is InChI=1S/C20H27NO4/c1-6-13-8-9-15(24-5)17-16(13)19(3)18(25-17)14(22)10-11-20(19,23)12-21(4)7-2/h8-11,18,23H,6-7,12H2,1-5H3/t18-,19-,20+/m0/s1. The van der Waals surface area contributed by atoms with Crippen molar-refractivity contribution in [2.45, 2.75) is 44.3 Å². The van der Waals surface area contributed by atoms with Crippen LogP contribution in [0.5, 0.6) is 11.5 Å². The van der Waals surface area contributed by atoms with Crippen molar-refractivity contribution in [2.75, 3.05) is 27.2 Å². The molecule has 2 aliphatic rings. The molecule has 0 bridgehead atoms. The Bertz CT molecular complexity index is 729. The molecule has 0 aromatic heterocycles. The molecule has 3 rings (SSSR count). The van der Waals surface area contributed by atoms with E-state index in [2.05, 4.69) is 6.92 Å². The summed E-state index contributed by atoms with van der Waals surface area (Å²) in [5, 5.41) is 11.6. The van der Waals surface area contributed by atoms with Crippen LogP contribution in [0.4, 0.5) is 0 Å². The topological polar surface area (TPSA) is 59.0 Å². The molecule has 5 nitrogen and oxygen atoms in total. The number of fused-ring (bicyclic) bond motifs is 3. The number of hydrogen-bond acceptors (Lipinski definition) is 5. The predicted molar refractivity (Wildman–Crippen MR) is 96.4 cm³/mol. The smallest absolute Gasteiger partial charge is 0.196 e. The van der Waals surface area contributed by atoms with Gasteiger partial charge in [0.1, 0.15) is 5.60 Å². The third-order valence-electron chi connectivity index (χ3n) is 5.82. The van der Waals surface area contributed by atoms with Crippen molar-refractivity contribution in [1.82, 2.24) is 4.90 Å². The number of hydrogen-bond donors (Lipinski definition) is 1. The summed E-state index contributed by atoms with van der Waals surface area (Å²) >= 11 is 0. The number of aliphatic hydroxyl groups is 1. The Kier molecular flexibility index (Phi) is 4.41. The minimum Gasteiger partial charge on any atom is -0.493 e. The highest BCUT2D eigenvalue weighted by Crippen LogP contribution is 2.56. The molecule has 3 atom stereocenters. The molecule has 0 spiro atoms. The summed E-state index contributed by atoms with van der Waals surface area (Å²) < 4.78 is 11.6. The Hall–Kier alpha value is -1.85. The number of carbonyl (C=O) groups excluding carboxylic acids is 1. The van der Waals surface area contributed by atoms with Crippen molar-refractivity contribution in [2.24, 2.45) is 0 Å². The molecule has 0 amide bonds. The third kappa shape index (κ3) is 2.41. The molecule has 1 aliphatic carbocycles. The van der Waals surface area contributed by atoms with Crippen molar-refractivity contribution in [1.29, 1.82) is 0 Å². The zero-order chi connectivity index (χ0) is 18.4. The van der Waals surface area contributed by atoms with Crippen molar-refractivity contribution in [3.63, 3.8) is 0 Å². The number of ether oxygens (including phenoxy) is 2. The van der Waals surface area contributed by atoms with E-state index >= 15 is 0 Å². The second kappa shape index (κ2) is 6.15. The summed E-state index contributed by atoms with van der Waals surface area (Å²) in [4.78, 5) is 14.7. The van der Waals surface area contributed by atoms with E-state index in [1.807, 2.05) is 37.9 Å². The van der Waals surface area contributed by atoms with Gasteiger partial charge in [-0.25, -0.2) is 0 Å². The summed E-state index contributed by atoms with van der Waals surface area (Å²) in [5.74, 6) is 1.07. The van der Waals surface area contributed by atoms with Crippen molar-refractivity contribution in [3.05, 3.63) is 35.4 Å². The first kappa shape index (κ1) is 18.0. The lowest BCUT2D eigenvalue weighted by atomic mass is 9.61. The molecule has 1 aliphatic heterocycles. The molecule has 1 N–H and O–H groups in total. The molecular formula is C20H27NO4. The fourth-order valence-electron chi connectivity index (χ4n) is 4.12. The van der Waals surface area contributed by atoms with Gasteiger partial charge in [-0.05, 0) is 50.7 Å². The van der Waals surface area contributed by atoms with Crippen LogP contribution in [0.1, 0.15) is 31.9 Å². The quantitative estimate of drug-likeness (QED) is 0.886. The normalized spacial score (nSPS) is 30.2. The highest BCUT2D eigenvalue weighted by Gasteiger charge is 2.63. The molecule has 136 valence electrons. The summed E-state index contributed by atoms with van der Waals surface area (Å²) in [6.07, 6.45) is 3.15. The maximum atomic E-state index is 12.6. The van der Waals surface area contributed by atoms with E-state index in [0.717, 1.165) is 24.1 Å². The maximum Gasteiger partial charge on any atom is 0.196 e. The number of nitrogens with zero attached hydrogens (tertiary/aromatic N) is 1. The lowest BCUT2D eigenvalue weighted by Crippen LogP contribution is -2.63. The lowest BCUT2D eigenvalue weighted by molar-refractivity contribution is -0.131. The minimum atomic E-state index is -1.21. The van der Waals surface area contributed by atoms with E-state index in [4.69, 9.17) is 9.47 Å². The zero-order valence-corrected chi connectivity index (χ0v) is 15.6. The fraction of sp³-hybridized carbons (Fsp3) is 0.550. The van der Waals surface area contributed by atoms with Crippen LogP contribution in [0.3, 0.4) is 0 Å². The van der Waals surface area contributed by atoms with Gasteiger partial charge in [0, 0.05) is 12.1 Å². The second-order valence-electron chi connectivity index (χ2n) is 7.18. The van der Waals surface area contributed by atoms with Crippen LogP contribution in [0.2, 0.25) is 0 Å². The molecule has 1 aromatic carbocycles. The molecule has 0 radical (unpaired) electrons. The Balaban J connectivity index is 2.25. The molecule has 0 fully saturated rings. The van der Waals surface area contributed by atoms with E-state index in [-0.39, 0.29) is 5.78 Å². The molecule has 1 heterocycles. The zero-order valence-electron chi connectivity index (χ0n) is 15.6. The van der Waals surface area contributed by atoms with Crippen molar-refractivity contribution < 1.29 is 19.4 Å². The number of aryl methyl sites for hydroxylation is 1. The first-order valence-electron chi connectivity index (χ1n) is 8.83. The summed E-state index contributed by atoms with van der Waals surface area (Å²) in [6, 6.07) is 3.87. The third-order valence-corrected chi connectivity index (χ3v) is 5.82. The largest absolute Gasteiger partial charge is 0.493 e. The average molecular weight is 345 g/mol. The molecule has 0 saturated carbocycles. The molecule has 1 aromatic rings. The van der Waals surface area contributed by atoms with Crippen LogP contribution in [-0.4, -0.2) is 54.7 Å². The van der Waals surface area contributed by atoms with E-state index in [1.54, 1.807) is 13.2 Å². The number of rotatable bonds is 5. The van der Waals surface area contributed by atoms with Crippen LogP contribution < -0.4 is 9.47 Å². The first-order chi connectivity index (χ1) is 11.8. The molecule has 0 saturated heterocycles. The van der Waals surface area contributed by atoms with Gasteiger partial charge >= 0.3 is 0 Å². The molecular weight excluding hydrogens is 318 g/mol. The summed E-state index contributed by atoms with van der Waals surface area (Å²) in [5.41, 5.74) is -0.111. The van der Waals surface area contributed by atoms with Gasteiger partial charge in [-0.3, -0.25) is 4.79 Å². The minimum absolute atomic E-state index is 0.119. The van der Waals surface area contributed by atoms with Crippen molar-refractivity contribution >= 4 is 5.78 Å². The van der Waals surface area contributed by atoms with Crippen LogP contribution in [0, 0.1) is 0 Å². The van der Waals surface area contributed by atoms with Gasteiger partial charge in [0.2, 0.25) is 0 Å². The second-order valence-corrected chi connectivity index (χ2v) is 7.18. The van der Waals surface area contributed by atoms with Crippen LogP contribution in [-0.2, 0) is 16.6 Å². The van der Waals surface area contributed by atoms with Gasteiger partial charge in [-0.2, -0.15) is 0 Å². The predicted octanol–water partition coefficient (Wildman–Crippen LogP) is 2.10. The van der Waals surface area contributed by atoms with E-state index in [9.17, 15) is 9.90 Å². The average Bonchev–Trinajstić information content (AvgIpc) is 2.94. The van der Waals surface area contributed by atoms with Gasteiger partial charge in [-0.15, -0.1) is 0 Å². The van der Waals surface area contributed by atoms with E-state index in [0.29, 0.717) is 18.0 Å². The number of likely N-dealkylation sites (N-methyl/N-ethyl adjacent to an activating group) is 1. The van der Waals surface area contributed by atoms with Gasteiger partial charge in [-0.1, -0.05) is 19.9 Å². The maximum absolute atomic E-state index is 12.6. The highest BCUT2D eigenvalue weighted by molar-refractivity contribution is 5.98. The summed E-state index contributed by atoms with van der Waals surface area (Å²) in [6.45, 7) is 7.27. The Morgan fingerprint density at radius 3 is 2.68 bits per heavy atom. The van der Waals surface area contributed by atoms with Crippen LogP contribution >= 0.6 is 0 Å². The first-order valence-corrected chi connectivity index (χ1v) is 8.83. The monoisotopic (exact) mass is 345 g/mol. The Morgan fingerprint density at radius 1 is 1.36 bits per heavy atom. The number of ketones is 1. The van der Waals surface area contributed by atoms with Gasteiger partial charge < -0.3 is 19.5 Å².